The molecular formula is C9H7BrN4O2. The van der Waals surface area contributed by atoms with Gasteiger partial charge >= 0.3 is 5.97 Å². The Morgan fingerprint density at radius 3 is 2.81 bits per heavy atom. The molecule has 1 N–H and O–H groups in total. The number of carboxylic acids is 1. The zero-order valence-corrected chi connectivity index (χ0v) is 9.84. The fourth-order valence-electron chi connectivity index (χ4n) is 1.24. The molecule has 0 amide bonds. The van der Waals surface area contributed by atoms with Crippen molar-refractivity contribution in [1.29, 1.82) is 0 Å². The predicted molar refractivity (Wildman–Crippen MR) is 58.6 cm³/mol. The minimum Gasteiger partial charge on any atom is -0.478 e. The van der Waals surface area contributed by atoms with Gasteiger partial charge in [0.05, 0.1) is 17.4 Å². The summed E-state index contributed by atoms with van der Waals surface area (Å²) in [5.41, 5.74) is 0.503. The topological polar surface area (TPSA) is 80.9 Å². The van der Waals surface area contributed by atoms with E-state index >= 15 is 0 Å². The smallest absolute Gasteiger partial charge is 0.338 e. The van der Waals surface area contributed by atoms with Gasteiger partial charge < -0.3 is 5.11 Å². The van der Waals surface area contributed by atoms with Crippen LogP contribution in [-0.2, 0) is 0 Å². The van der Waals surface area contributed by atoms with Crippen LogP contribution in [0.25, 0.3) is 5.69 Å². The first-order valence-corrected chi connectivity index (χ1v) is 5.14. The maximum Gasteiger partial charge on any atom is 0.338 e. The lowest BCUT2D eigenvalue weighted by Crippen LogP contribution is -2.07. The number of hydrogen-bond donors (Lipinski definition) is 1. The van der Waals surface area contributed by atoms with E-state index in [0.717, 1.165) is 0 Å². The third-order valence-electron chi connectivity index (χ3n) is 1.93. The molecule has 0 radical (unpaired) electrons. The molecule has 0 aliphatic heterocycles. The van der Waals surface area contributed by atoms with Gasteiger partial charge in [-0.2, -0.15) is 5.10 Å². The molecule has 0 aliphatic rings. The summed E-state index contributed by atoms with van der Waals surface area (Å²) in [6.07, 6.45) is 2.88. The van der Waals surface area contributed by atoms with Gasteiger partial charge in [-0.15, -0.1) is 0 Å². The van der Waals surface area contributed by atoms with Crippen molar-refractivity contribution in [2.45, 2.75) is 6.92 Å². The lowest BCUT2D eigenvalue weighted by molar-refractivity contribution is 0.0696. The molecule has 0 atom stereocenters. The highest BCUT2D eigenvalue weighted by Crippen LogP contribution is 2.16. The molecule has 2 heterocycles. The number of carboxylic acid groups (broad SMARTS) is 1. The molecule has 0 fully saturated rings. The van der Waals surface area contributed by atoms with Crippen molar-refractivity contribution in [3.8, 4) is 5.69 Å². The van der Waals surface area contributed by atoms with Crippen molar-refractivity contribution < 1.29 is 9.90 Å². The van der Waals surface area contributed by atoms with Gasteiger partial charge in [0.25, 0.3) is 0 Å². The van der Waals surface area contributed by atoms with Gasteiger partial charge in [-0.3, -0.25) is 0 Å². The summed E-state index contributed by atoms with van der Waals surface area (Å²) in [6, 6.07) is 1.43. The molecule has 0 saturated heterocycles. The highest BCUT2D eigenvalue weighted by atomic mass is 79.9. The maximum absolute atomic E-state index is 11.0. The Morgan fingerprint density at radius 2 is 2.25 bits per heavy atom. The van der Waals surface area contributed by atoms with Crippen LogP contribution in [0.3, 0.4) is 0 Å². The first-order chi connectivity index (χ1) is 7.58. The Hall–Kier alpha value is -1.76. The van der Waals surface area contributed by atoms with Crippen molar-refractivity contribution in [1.82, 2.24) is 19.7 Å². The van der Waals surface area contributed by atoms with Crippen LogP contribution in [0.2, 0.25) is 0 Å². The van der Waals surface area contributed by atoms with Gasteiger partial charge in [0.15, 0.2) is 0 Å². The number of pyridine rings is 1. The Kier molecular flexibility index (Phi) is 2.69. The van der Waals surface area contributed by atoms with Crippen molar-refractivity contribution in [3.63, 3.8) is 0 Å². The molecule has 16 heavy (non-hydrogen) atoms. The molecule has 2 aromatic rings. The molecule has 0 bridgehead atoms. The summed E-state index contributed by atoms with van der Waals surface area (Å²) >= 11 is 3.12. The van der Waals surface area contributed by atoms with Crippen LogP contribution >= 0.6 is 15.9 Å². The van der Waals surface area contributed by atoms with E-state index in [0.29, 0.717) is 16.1 Å². The minimum absolute atomic E-state index is 0.117. The number of rotatable bonds is 2. The van der Waals surface area contributed by atoms with Gasteiger partial charge in [-0.1, -0.05) is 0 Å². The Labute approximate surface area is 99.1 Å². The summed E-state index contributed by atoms with van der Waals surface area (Å²) in [5, 5.41) is 13.1. The third-order valence-corrected chi connectivity index (χ3v) is 2.37. The third kappa shape index (κ3) is 1.94. The van der Waals surface area contributed by atoms with E-state index in [1.807, 2.05) is 0 Å². The van der Waals surface area contributed by atoms with Gasteiger partial charge in [0.1, 0.15) is 16.8 Å². The molecule has 2 aromatic heterocycles. The average Bonchev–Trinajstić information content (AvgIpc) is 2.64. The standard InChI is InChI=1S/C9H7BrN4O2/c1-5-12-4-14(13-5)7-3-11-8(10)2-6(7)9(15)16/h2-4H,1H3,(H,15,16). The van der Waals surface area contributed by atoms with Crippen LogP contribution in [0.1, 0.15) is 16.2 Å². The molecule has 2 rings (SSSR count). The summed E-state index contributed by atoms with van der Waals surface area (Å²) < 4.78 is 1.85. The Bertz CT molecular complexity index is 552. The second-order valence-electron chi connectivity index (χ2n) is 3.07. The number of hydrogen-bond acceptors (Lipinski definition) is 4. The first-order valence-electron chi connectivity index (χ1n) is 4.35. The normalized spacial score (nSPS) is 10.4. The number of aromatic nitrogens is 4. The largest absolute Gasteiger partial charge is 0.478 e. The molecule has 82 valence electrons. The molecule has 6 nitrogen and oxygen atoms in total. The Balaban J connectivity index is 2.60. The van der Waals surface area contributed by atoms with Crippen molar-refractivity contribution >= 4 is 21.9 Å². The van der Waals surface area contributed by atoms with E-state index in [9.17, 15) is 4.79 Å². The average molecular weight is 283 g/mol. The van der Waals surface area contributed by atoms with Gasteiger partial charge in [0, 0.05) is 0 Å². The monoisotopic (exact) mass is 282 g/mol. The zero-order chi connectivity index (χ0) is 11.7. The quantitative estimate of drug-likeness (QED) is 0.843. The highest BCUT2D eigenvalue weighted by Gasteiger charge is 2.13. The van der Waals surface area contributed by atoms with Crippen LogP contribution in [0, 0.1) is 6.92 Å². The number of aromatic carboxylic acids is 1. The van der Waals surface area contributed by atoms with E-state index < -0.39 is 5.97 Å². The number of halogens is 1. The molecule has 0 aromatic carbocycles. The van der Waals surface area contributed by atoms with Crippen molar-refractivity contribution in [2.75, 3.05) is 0 Å². The fourth-order valence-corrected chi connectivity index (χ4v) is 1.57. The molecule has 7 heteroatoms. The van der Waals surface area contributed by atoms with E-state index in [1.54, 1.807) is 6.92 Å². The number of nitrogens with zero attached hydrogens (tertiary/aromatic N) is 4. The van der Waals surface area contributed by atoms with Gasteiger partial charge in [0.2, 0.25) is 0 Å². The molecule has 0 spiro atoms. The van der Waals surface area contributed by atoms with Crippen LogP contribution in [-0.4, -0.2) is 30.8 Å². The molecule has 0 unspecified atom stereocenters. The molecule has 0 saturated carbocycles. The summed E-state index contributed by atoms with van der Waals surface area (Å²) in [4.78, 5) is 19.0. The van der Waals surface area contributed by atoms with Crippen molar-refractivity contribution in [2.24, 2.45) is 0 Å². The van der Waals surface area contributed by atoms with Crippen LogP contribution in [0.5, 0.6) is 0 Å². The number of carbonyl (C=O) groups is 1. The molecular weight excluding hydrogens is 276 g/mol. The SMILES string of the molecule is Cc1ncn(-c2cnc(Br)cc2C(=O)O)n1. The van der Waals surface area contributed by atoms with Crippen molar-refractivity contribution in [3.05, 3.63) is 34.6 Å². The fraction of sp³-hybridized carbons (Fsp3) is 0.111. The van der Waals surface area contributed by atoms with E-state index in [2.05, 4.69) is 31.0 Å². The maximum atomic E-state index is 11.0. The first kappa shape index (κ1) is 10.7. The second kappa shape index (κ2) is 4.01. The predicted octanol–water partition coefficient (Wildman–Crippen LogP) is 1.43. The lowest BCUT2D eigenvalue weighted by Gasteiger charge is -2.04. The minimum atomic E-state index is -1.04. The second-order valence-corrected chi connectivity index (χ2v) is 3.88. The van der Waals surface area contributed by atoms with E-state index in [-0.39, 0.29) is 5.56 Å². The lowest BCUT2D eigenvalue weighted by atomic mass is 10.2. The van der Waals surface area contributed by atoms with Crippen LogP contribution in [0.15, 0.2) is 23.2 Å². The van der Waals surface area contributed by atoms with E-state index in [4.69, 9.17) is 5.11 Å². The van der Waals surface area contributed by atoms with E-state index in [1.165, 1.54) is 23.3 Å². The Morgan fingerprint density at radius 1 is 1.50 bits per heavy atom. The number of aryl methyl sites for hydroxylation is 1. The zero-order valence-electron chi connectivity index (χ0n) is 8.25. The summed E-state index contributed by atoms with van der Waals surface area (Å²) in [6.45, 7) is 1.73. The van der Waals surface area contributed by atoms with Gasteiger partial charge in [-0.05, 0) is 28.9 Å². The van der Waals surface area contributed by atoms with Gasteiger partial charge in [-0.25, -0.2) is 19.4 Å². The summed E-state index contributed by atoms with van der Waals surface area (Å²) in [7, 11) is 0. The molecule has 0 aliphatic carbocycles. The summed E-state index contributed by atoms with van der Waals surface area (Å²) in [5.74, 6) is -0.467. The van der Waals surface area contributed by atoms with Crippen LogP contribution in [0.4, 0.5) is 0 Å². The highest BCUT2D eigenvalue weighted by molar-refractivity contribution is 9.10. The van der Waals surface area contributed by atoms with Crippen LogP contribution < -0.4 is 0 Å².